The third-order valence-corrected chi connectivity index (χ3v) is 5.21. The van der Waals surface area contributed by atoms with Crippen LogP contribution in [0, 0.1) is 11.3 Å². The van der Waals surface area contributed by atoms with E-state index >= 15 is 0 Å². The molecule has 1 aromatic heterocycles. The van der Waals surface area contributed by atoms with Crippen LogP contribution in [-0.2, 0) is 0 Å². The van der Waals surface area contributed by atoms with E-state index < -0.39 is 0 Å². The van der Waals surface area contributed by atoms with E-state index in [9.17, 15) is 10.1 Å². The molecule has 1 fully saturated rings. The standard InChI is InChI=1S/C14H20N4OS/c1-9(19)13-12(16)11(8-15)14(20-13)18-6-4-10(5-7-18)17(2)3/h10H,4-7,16H2,1-3H3. The number of nitrogen functional groups attached to an aromatic ring is 1. The minimum atomic E-state index is -0.0709. The van der Waals surface area contributed by atoms with Crippen molar-refractivity contribution in [1.29, 1.82) is 5.26 Å². The molecule has 2 rings (SSSR count). The van der Waals surface area contributed by atoms with Gasteiger partial charge in [0.1, 0.15) is 16.6 Å². The van der Waals surface area contributed by atoms with E-state index in [1.807, 2.05) is 0 Å². The molecule has 108 valence electrons. The third kappa shape index (κ3) is 2.65. The number of hydrogen-bond donors (Lipinski definition) is 1. The fourth-order valence-corrected chi connectivity index (χ4v) is 3.73. The van der Waals surface area contributed by atoms with Crippen LogP contribution in [0.3, 0.4) is 0 Å². The van der Waals surface area contributed by atoms with E-state index in [4.69, 9.17) is 5.73 Å². The lowest BCUT2D eigenvalue weighted by molar-refractivity contribution is 0.102. The zero-order valence-electron chi connectivity index (χ0n) is 12.1. The zero-order valence-corrected chi connectivity index (χ0v) is 13.0. The molecule has 1 aromatic rings. The Morgan fingerprint density at radius 2 is 2.05 bits per heavy atom. The number of thiophene rings is 1. The molecular weight excluding hydrogens is 272 g/mol. The van der Waals surface area contributed by atoms with E-state index in [0.29, 0.717) is 22.2 Å². The second-order valence-electron chi connectivity index (χ2n) is 5.37. The van der Waals surface area contributed by atoms with Gasteiger partial charge in [-0.15, -0.1) is 11.3 Å². The van der Waals surface area contributed by atoms with E-state index in [1.165, 1.54) is 18.3 Å². The van der Waals surface area contributed by atoms with Gasteiger partial charge < -0.3 is 15.5 Å². The maximum Gasteiger partial charge on any atom is 0.171 e. The van der Waals surface area contributed by atoms with Crippen LogP contribution >= 0.6 is 11.3 Å². The molecule has 1 aliphatic heterocycles. The summed E-state index contributed by atoms with van der Waals surface area (Å²) in [7, 11) is 4.19. The maximum atomic E-state index is 11.6. The number of hydrogen-bond acceptors (Lipinski definition) is 6. The Hall–Kier alpha value is -1.58. The minimum Gasteiger partial charge on any atom is -0.396 e. The highest BCUT2D eigenvalue weighted by Crippen LogP contribution is 2.39. The summed E-state index contributed by atoms with van der Waals surface area (Å²) in [5, 5.41) is 10.1. The number of nitrogens with two attached hydrogens (primary N) is 1. The molecule has 0 atom stereocenters. The van der Waals surface area contributed by atoms with Crippen molar-refractivity contribution in [3.8, 4) is 6.07 Å². The van der Waals surface area contributed by atoms with Crippen LogP contribution in [0.5, 0.6) is 0 Å². The molecule has 0 radical (unpaired) electrons. The molecule has 1 aliphatic rings. The van der Waals surface area contributed by atoms with Crippen molar-refractivity contribution in [2.45, 2.75) is 25.8 Å². The quantitative estimate of drug-likeness (QED) is 0.862. The normalized spacial score (nSPS) is 16.4. The average Bonchev–Trinajstić information content (AvgIpc) is 2.75. The summed E-state index contributed by atoms with van der Waals surface area (Å²) >= 11 is 1.35. The first-order valence-corrected chi connectivity index (χ1v) is 7.52. The molecule has 1 saturated heterocycles. The molecule has 5 nitrogen and oxygen atoms in total. The number of ketones is 1. The van der Waals surface area contributed by atoms with E-state index in [2.05, 4.69) is 30.0 Å². The highest BCUT2D eigenvalue weighted by molar-refractivity contribution is 7.19. The number of carbonyl (C=O) groups excluding carboxylic acids is 1. The van der Waals surface area contributed by atoms with Crippen LogP contribution < -0.4 is 10.6 Å². The number of anilines is 2. The van der Waals surface area contributed by atoms with Gasteiger partial charge in [0, 0.05) is 26.1 Å². The smallest absolute Gasteiger partial charge is 0.171 e. The molecule has 0 spiro atoms. The maximum absolute atomic E-state index is 11.6. The molecule has 2 N–H and O–H groups in total. The Labute approximate surface area is 123 Å². The second kappa shape index (κ2) is 5.81. The van der Waals surface area contributed by atoms with Gasteiger partial charge in [-0.2, -0.15) is 5.26 Å². The predicted molar refractivity (Wildman–Crippen MR) is 82.4 cm³/mol. The number of rotatable bonds is 3. The Bertz CT molecular complexity index is 550. The number of carbonyl (C=O) groups is 1. The Morgan fingerprint density at radius 3 is 2.50 bits per heavy atom. The molecule has 0 saturated carbocycles. The first-order valence-electron chi connectivity index (χ1n) is 6.70. The molecule has 0 aromatic carbocycles. The van der Waals surface area contributed by atoms with E-state index in [1.54, 1.807) is 0 Å². The van der Waals surface area contributed by atoms with Gasteiger partial charge in [-0.3, -0.25) is 4.79 Å². The van der Waals surface area contributed by atoms with Crippen LogP contribution in [-0.4, -0.2) is 43.9 Å². The summed E-state index contributed by atoms with van der Waals surface area (Å²) in [4.78, 5) is 16.5. The lowest BCUT2D eigenvalue weighted by Gasteiger charge is -2.35. The monoisotopic (exact) mass is 292 g/mol. The number of nitriles is 1. The fourth-order valence-electron chi connectivity index (χ4n) is 2.61. The Kier molecular flexibility index (Phi) is 4.31. The highest BCUT2D eigenvalue weighted by Gasteiger charge is 2.26. The lowest BCUT2D eigenvalue weighted by atomic mass is 10.0. The van der Waals surface area contributed by atoms with Gasteiger partial charge in [0.05, 0.1) is 10.6 Å². The van der Waals surface area contributed by atoms with E-state index in [-0.39, 0.29) is 5.78 Å². The average molecular weight is 292 g/mol. The van der Waals surface area contributed by atoms with Gasteiger partial charge in [0.2, 0.25) is 0 Å². The summed E-state index contributed by atoms with van der Waals surface area (Å²) in [6.07, 6.45) is 2.12. The SMILES string of the molecule is CC(=O)c1sc(N2CCC(N(C)C)CC2)c(C#N)c1N. The van der Waals surface area contributed by atoms with Crippen LogP contribution in [0.25, 0.3) is 0 Å². The highest BCUT2D eigenvalue weighted by atomic mass is 32.1. The van der Waals surface area contributed by atoms with Crippen LogP contribution in [0.2, 0.25) is 0 Å². The van der Waals surface area contributed by atoms with Crippen molar-refractivity contribution >= 4 is 27.8 Å². The van der Waals surface area contributed by atoms with E-state index in [0.717, 1.165) is 30.9 Å². The largest absolute Gasteiger partial charge is 0.396 e. The molecule has 20 heavy (non-hydrogen) atoms. The molecule has 0 aliphatic carbocycles. The molecule has 6 heteroatoms. The van der Waals surface area contributed by atoms with Crippen molar-refractivity contribution in [1.82, 2.24) is 4.90 Å². The van der Waals surface area contributed by atoms with Crippen molar-refractivity contribution in [3.63, 3.8) is 0 Å². The second-order valence-corrected chi connectivity index (χ2v) is 6.37. The van der Waals surface area contributed by atoms with Crippen molar-refractivity contribution in [2.24, 2.45) is 0 Å². The number of nitrogens with zero attached hydrogens (tertiary/aromatic N) is 3. The zero-order chi connectivity index (χ0) is 14.9. The topological polar surface area (TPSA) is 73.4 Å². The van der Waals surface area contributed by atoms with Crippen molar-refractivity contribution < 1.29 is 4.79 Å². The first-order chi connectivity index (χ1) is 9.45. The lowest BCUT2D eigenvalue weighted by Crippen LogP contribution is -2.41. The van der Waals surface area contributed by atoms with Gasteiger partial charge >= 0.3 is 0 Å². The molecule has 0 bridgehead atoms. The molecule has 0 amide bonds. The van der Waals surface area contributed by atoms with Crippen molar-refractivity contribution in [3.05, 3.63) is 10.4 Å². The predicted octanol–water partition coefficient (Wildman–Crippen LogP) is 1.93. The van der Waals surface area contributed by atoms with Crippen LogP contribution in [0.15, 0.2) is 0 Å². The third-order valence-electron chi connectivity index (χ3n) is 3.84. The van der Waals surface area contributed by atoms with Gasteiger partial charge in [-0.05, 0) is 26.9 Å². The van der Waals surface area contributed by atoms with Gasteiger partial charge in [0.25, 0.3) is 0 Å². The molecular formula is C14H20N4OS. The fraction of sp³-hybridized carbons (Fsp3) is 0.571. The van der Waals surface area contributed by atoms with Crippen molar-refractivity contribution in [2.75, 3.05) is 37.8 Å². The molecule has 2 heterocycles. The summed E-state index contributed by atoms with van der Waals surface area (Å²) in [5.74, 6) is -0.0709. The summed E-state index contributed by atoms with van der Waals surface area (Å²) < 4.78 is 0. The Morgan fingerprint density at radius 1 is 1.45 bits per heavy atom. The van der Waals surface area contributed by atoms with Crippen LogP contribution in [0.1, 0.15) is 35.0 Å². The molecule has 0 unspecified atom stereocenters. The summed E-state index contributed by atoms with van der Waals surface area (Å²) in [5.41, 5.74) is 6.73. The Balaban J connectivity index is 2.24. The van der Waals surface area contributed by atoms with Gasteiger partial charge in [-0.1, -0.05) is 0 Å². The first kappa shape index (κ1) is 14.8. The van der Waals surface area contributed by atoms with Crippen LogP contribution in [0.4, 0.5) is 10.7 Å². The number of piperidine rings is 1. The van der Waals surface area contributed by atoms with Gasteiger partial charge in [0.15, 0.2) is 5.78 Å². The van der Waals surface area contributed by atoms with Gasteiger partial charge in [-0.25, -0.2) is 0 Å². The summed E-state index contributed by atoms with van der Waals surface area (Å²) in [6, 6.07) is 2.74. The minimum absolute atomic E-state index is 0.0709. The number of Topliss-reactive ketones (excluding diaryl/α,β-unsaturated/α-hetero) is 1. The summed E-state index contributed by atoms with van der Waals surface area (Å²) in [6.45, 7) is 3.29.